The van der Waals surface area contributed by atoms with Crippen molar-refractivity contribution in [2.24, 2.45) is 0 Å². The zero-order valence-electron chi connectivity index (χ0n) is 8.75. The van der Waals surface area contributed by atoms with Gasteiger partial charge >= 0.3 is 0 Å². The van der Waals surface area contributed by atoms with Crippen molar-refractivity contribution in [3.63, 3.8) is 0 Å². The first kappa shape index (κ1) is 10.6. The highest BCUT2D eigenvalue weighted by Gasteiger charge is 2.19. The highest BCUT2D eigenvalue weighted by Crippen LogP contribution is 2.11. The van der Waals surface area contributed by atoms with Crippen molar-refractivity contribution in [1.82, 2.24) is 10.5 Å². The Morgan fingerprint density at radius 2 is 2.21 bits per heavy atom. The summed E-state index contributed by atoms with van der Waals surface area (Å²) in [5, 5.41) is 6.27. The molecule has 1 aromatic rings. The van der Waals surface area contributed by atoms with Crippen molar-refractivity contribution in [2.45, 2.75) is 26.3 Å². The van der Waals surface area contributed by atoms with Crippen LogP contribution in [0.5, 0.6) is 5.88 Å². The fraction of sp³-hybridized carbons (Fsp3) is 0.556. The van der Waals surface area contributed by atoms with Gasteiger partial charge in [-0.25, -0.2) is 0 Å². The van der Waals surface area contributed by atoms with E-state index < -0.39 is 0 Å². The summed E-state index contributed by atoms with van der Waals surface area (Å²) in [6.07, 6.45) is 0. The van der Waals surface area contributed by atoms with E-state index in [1.807, 2.05) is 20.8 Å². The SMILES string of the molecule is COc1cc(C(=O)NC(C)(C)C)on1. The first-order valence-corrected chi connectivity index (χ1v) is 4.25. The molecule has 0 saturated heterocycles. The van der Waals surface area contributed by atoms with Crippen LogP contribution in [0, 0.1) is 0 Å². The van der Waals surface area contributed by atoms with Crippen LogP contribution in [0.25, 0.3) is 0 Å². The Morgan fingerprint density at radius 3 is 2.64 bits per heavy atom. The van der Waals surface area contributed by atoms with E-state index in [4.69, 9.17) is 9.26 Å². The predicted octanol–water partition coefficient (Wildman–Crippen LogP) is 1.21. The van der Waals surface area contributed by atoms with Crippen LogP contribution >= 0.6 is 0 Å². The number of nitrogens with zero attached hydrogens (tertiary/aromatic N) is 1. The van der Waals surface area contributed by atoms with Crippen LogP contribution in [0.1, 0.15) is 31.3 Å². The molecule has 1 aromatic heterocycles. The second kappa shape index (κ2) is 3.69. The maximum atomic E-state index is 11.5. The number of rotatable bonds is 2. The van der Waals surface area contributed by atoms with Gasteiger partial charge in [0.05, 0.1) is 13.2 Å². The van der Waals surface area contributed by atoms with Crippen molar-refractivity contribution >= 4 is 5.91 Å². The van der Waals surface area contributed by atoms with E-state index in [2.05, 4.69) is 10.5 Å². The van der Waals surface area contributed by atoms with Gasteiger partial charge in [-0.3, -0.25) is 4.79 Å². The van der Waals surface area contributed by atoms with Crippen LogP contribution in [0.4, 0.5) is 0 Å². The Hall–Kier alpha value is -1.52. The van der Waals surface area contributed by atoms with Gasteiger partial charge in [-0.2, -0.15) is 0 Å². The van der Waals surface area contributed by atoms with E-state index in [1.165, 1.54) is 13.2 Å². The minimum Gasteiger partial charge on any atom is -0.479 e. The maximum absolute atomic E-state index is 11.5. The quantitative estimate of drug-likeness (QED) is 0.775. The minimum absolute atomic E-state index is 0.150. The average Bonchev–Trinajstić information content (AvgIpc) is 2.48. The molecule has 0 unspecified atom stereocenters. The van der Waals surface area contributed by atoms with Crippen molar-refractivity contribution in [3.8, 4) is 5.88 Å². The number of amides is 1. The Labute approximate surface area is 82.4 Å². The van der Waals surface area contributed by atoms with E-state index in [9.17, 15) is 4.79 Å². The lowest BCUT2D eigenvalue weighted by molar-refractivity contribution is 0.0881. The molecule has 0 saturated carbocycles. The number of nitrogens with one attached hydrogen (secondary N) is 1. The molecule has 0 atom stereocenters. The summed E-state index contributed by atoms with van der Waals surface area (Å²) in [4.78, 5) is 11.5. The molecule has 78 valence electrons. The number of aromatic nitrogens is 1. The Bertz CT molecular complexity index is 325. The standard InChI is InChI=1S/C9H14N2O3/c1-9(2,3)10-8(12)6-5-7(13-4)11-14-6/h5H,1-4H3,(H,10,12). The topological polar surface area (TPSA) is 64.4 Å². The second-order valence-corrected chi connectivity index (χ2v) is 3.94. The number of ether oxygens (including phenoxy) is 1. The lowest BCUT2D eigenvalue weighted by Gasteiger charge is -2.18. The largest absolute Gasteiger partial charge is 0.479 e. The van der Waals surface area contributed by atoms with Crippen molar-refractivity contribution in [1.29, 1.82) is 0 Å². The summed E-state index contributed by atoms with van der Waals surface area (Å²) in [6, 6.07) is 1.45. The molecule has 0 aliphatic carbocycles. The number of hydrogen-bond acceptors (Lipinski definition) is 4. The molecule has 0 aliphatic heterocycles. The number of carbonyl (C=O) groups excluding carboxylic acids is 1. The van der Waals surface area contributed by atoms with Crippen molar-refractivity contribution < 1.29 is 14.1 Å². The molecule has 1 amide bonds. The highest BCUT2D eigenvalue weighted by molar-refractivity contribution is 5.92. The fourth-order valence-corrected chi connectivity index (χ4v) is 0.864. The Kier molecular flexibility index (Phi) is 2.78. The summed E-state index contributed by atoms with van der Waals surface area (Å²) < 4.78 is 9.57. The summed E-state index contributed by atoms with van der Waals surface area (Å²) in [5.41, 5.74) is -0.295. The normalized spacial score (nSPS) is 11.1. The molecule has 5 nitrogen and oxygen atoms in total. The summed E-state index contributed by atoms with van der Waals surface area (Å²) in [7, 11) is 1.46. The van der Waals surface area contributed by atoms with Crippen LogP contribution < -0.4 is 10.1 Å². The van der Waals surface area contributed by atoms with E-state index in [-0.39, 0.29) is 17.2 Å². The Balaban J connectivity index is 2.70. The highest BCUT2D eigenvalue weighted by atomic mass is 16.5. The fourth-order valence-electron chi connectivity index (χ4n) is 0.864. The first-order valence-electron chi connectivity index (χ1n) is 4.25. The smallest absolute Gasteiger partial charge is 0.290 e. The molecule has 14 heavy (non-hydrogen) atoms. The summed E-state index contributed by atoms with van der Waals surface area (Å²) in [6.45, 7) is 5.66. The van der Waals surface area contributed by atoms with E-state index in [1.54, 1.807) is 0 Å². The van der Waals surface area contributed by atoms with Gasteiger partial charge in [-0.1, -0.05) is 0 Å². The molecular weight excluding hydrogens is 184 g/mol. The lowest BCUT2D eigenvalue weighted by atomic mass is 10.1. The third kappa shape index (κ3) is 2.76. The molecule has 1 N–H and O–H groups in total. The van der Waals surface area contributed by atoms with Gasteiger partial charge < -0.3 is 14.6 Å². The average molecular weight is 198 g/mol. The van der Waals surface area contributed by atoms with Crippen LogP contribution in [0.2, 0.25) is 0 Å². The van der Waals surface area contributed by atoms with Crippen molar-refractivity contribution in [3.05, 3.63) is 11.8 Å². The van der Waals surface area contributed by atoms with Gasteiger partial charge in [0.25, 0.3) is 11.8 Å². The van der Waals surface area contributed by atoms with Gasteiger partial charge in [-0.15, -0.1) is 0 Å². The Morgan fingerprint density at radius 1 is 1.57 bits per heavy atom. The van der Waals surface area contributed by atoms with Gasteiger partial charge in [0.2, 0.25) is 5.76 Å². The van der Waals surface area contributed by atoms with Crippen LogP contribution in [-0.4, -0.2) is 23.7 Å². The number of methoxy groups -OCH3 is 1. The zero-order chi connectivity index (χ0) is 10.8. The monoisotopic (exact) mass is 198 g/mol. The molecule has 1 heterocycles. The van der Waals surface area contributed by atoms with Crippen LogP contribution in [0.15, 0.2) is 10.6 Å². The summed E-state index contributed by atoms with van der Waals surface area (Å²) >= 11 is 0. The van der Waals surface area contributed by atoms with E-state index >= 15 is 0 Å². The van der Waals surface area contributed by atoms with Crippen LogP contribution in [-0.2, 0) is 0 Å². The first-order chi connectivity index (χ1) is 6.42. The van der Waals surface area contributed by atoms with E-state index in [0.29, 0.717) is 5.88 Å². The van der Waals surface area contributed by atoms with Gasteiger partial charge in [0.15, 0.2) is 0 Å². The molecule has 0 fully saturated rings. The predicted molar refractivity (Wildman–Crippen MR) is 50.3 cm³/mol. The molecule has 5 heteroatoms. The lowest BCUT2D eigenvalue weighted by Crippen LogP contribution is -2.40. The zero-order valence-corrected chi connectivity index (χ0v) is 8.75. The molecule has 0 aliphatic rings. The third-order valence-electron chi connectivity index (χ3n) is 1.41. The van der Waals surface area contributed by atoms with Gasteiger partial charge in [-0.05, 0) is 25.9 Å². The molecule has 0 bridgehead atoms. The molecule has 0 spiro atoms. The second-order valence-electron chi connectivity index (χ2n) is 3.94. The van der Waals surface area contributed by atoms with Gasteiger partial charge in [0.1, 0.15) is 0 Å². The van der Waals surface area contributed by atoms with Gasteiger partial charge in [0, 0.05) is 5.54 Å². The third-order valence-corrected chi connectivity index (χ3v) is 1.41. The molecule has 0 radical (unpaired) electrons. The van der Waals surface area contributed by atoms with Crippen LogP contribution in [0.3, 0.4) is 0 Å². The molecule has 0 aromatic carbocycles. The molecule has 1 rings (SSSR count). The number of hydrogen-bond donors (Lipinski definition) is 1. The van der Waals surface area contributed by atoms with Crippen molar-refractivity contribution in [2.75, 3.05) is 7.11 Å². The molecular formula is C9H14N2O3. The number of carbonyl (C=O) groups is 1. The minimum atomic E-state index is -0.298. The maximum Gasteiger partial charge on any atom is 0.290 e. The van der Waals surface area contributed by atoms with E-state index in [0.717, 1.165) is 0 Å². The summed E-state index contributed by atoms with van der Waals surface area (Å²) in [5.74, 6) is 0.147.